The van der Waals surface area contributed by atoms with Crippen molar-refractivity contribution in [1.82, 2.24) is 4.90 Å². The summed E-state index contributed by atoms with van der Waals surface area (Å²) in [5, 5.41) is 10.1. The van der Waals surface area contributed by atoms with Crippen LogP contribution in [-0.4, -0.2) is 54.6 Å². The Labute approximate surface area is 86.4 Å². The number of hydrogen-bond donors (Lipinski definition) is 0. The number of aliphatic carboxylic acids is 1. The fourth-order valence-electron chi connectivity index (χ4n) is 1.13. The average Bonchev–Trinajstić information content (AvgIpc) is 2.18. The molecule has 0 N–H and O–H groups in total. The van der Waals surface area contributed by atoms with E-state index in [0.29, 0.717) is 26.3 Å². The lowest BCUT2D eigenvalue weighted by molar-refractivity contribution is -0.301. The molecule has 1 fully saturated rings. The van der Waals surface area contributed by atoms with E-state index in [1.807, 2.05) is 0 Å². The largest absolute Gasteiger partial charge is 0.549 e. The Balaban J connectivity index is 2.16. The highest BCUT2D eigenvalue weighted by Gasteiger charge is 2.15. The van der Waals surface area contributed by atoms with Crippen LogP contribution >= 0.6 is 11.8 Å². The van der Waals surface area contributed by atoms with Crippen molar-refractivity contribution in [3.63, 3.8) is 0 Å². The van der Waals surface area contributed by atoms with E-state index in [1.165, 1.54) is 0 Å². The second kappa shape index (κ2) is 5.87. The number of nitrogens with zero attached hydrogens (tertiary/aromatic N) is 1. The summed E-state index contributed by atoms with van der Waals surface area (Å²) in [6.45, 7) is 2.34. The SMILES string of the molecule is O=C([O-])CSCC(=O)N1CCOCC1. The molecule has 0 spiro atoms. The number of amides is 1. The summed E-state index contributed by atoms with van der Waals surface area (Å²) in [5.74, 6) is -1.09. The number of ether oxygens (including phenoxy) is 1. The van der Waals surface area contributed by atoms with E-state index in [0.717, 1.165) is 11.8 Å². The van der Waals surface area contributed by atoms with Crippen LogP contribution in [0.3, 0.4) is 0 Å². The Kier molecular flexibility index (Phi) is 4.75. The lowest BCUT2D eigenvalue weighted by Crippen LogP contribution is -2.41. The number of morpholine rings is 1. The van der Waals surface area contributed by atoms with Gasteiger partial charge in [-0.05, 0) is 0 Å². The van der Waals surface area contributed by atoms with Crippen molar-refractivity contribution in [3.05, 3.63) is 0 Å². The van der Waals surface area contributed by atoms with E-state index >= 15 is 0 Å². The Morgan fingerprint density at radius 2 is 1.93 bits per heavy atom. The maximum absolute atomic E-state index is 11.4. The van der Waals surface area contributed by atoms with Gasteiger partial charge >= 0.3 is 0 Å². The predicted molar refractivity (Wildman–Crippen MR) is 49.7 cm³/mol. The zero-order chi connectivity index (χ0) is 10.4. The third-order valence-electron chi connectivity index (χ3n) is 1.81. The molecule has 1 amide bonds. The lowest BCUT2D eigenvalue weighted by atomic mass is 10.4. The zero-order valence-electron chi connectivity index (χ0n) is 7.73. The van der Waals surface area contributed by atoms with Crippen LogP contribution in [0.2, 0.25) is 0 Å². The maximum atomic E-state index is 11.4. The van der Waals surface area contributed by atoms with Gasteiger partial charge in [0, 0.05) is 18.8 Å². The van der Waals surface area contributed by atoms with Crippen LogP contribution in [0.4, 0.5) is 0 Å². The molecule has 1 heterocycles. The molecule has 1 rings (SSSR count). The van der Waals surface area contributed by atoms with Crippen molar-refractivity contribution in [2.45, 2.75) is 0 Å². The molecule has 1 aliphatic heterocycles. The standard InChI is InChI=1S/C8H13NO4S/c10-7(5-14-6-8(11)12)9-1-3-13-4-2-9/h1-6H2,(H,11,12)/p-1. The van der Waals surface area contributed by atoms with Crippen LogP contribution in [0.15, 0.2) is 0 Å². The number of carbonyl (C=O) groups excluding carboxylic acids is 2. The quantitative estimate of drug-likeness (QED) is 0.564. The number of carbonyl (C=O) groups is 2. The van der Waals surface area contributed by atoms with E-state index < -0.39 is 5.97 Å². The molecule has 0 radical (unpaired) electrons. The monoisotopic (exact) mass is 218 g/mol. The smallest absolute Gasteiger partial charge is 0.232 e. The van der Waals surface area contributed by atoms with Gasteiger partial charge in [-0.25, -0.2) is 0 Å². The number of thioether (sulfide) groups is 1. The van der Waals surface area contributed by atoms with Crippen LogP contribution in [-0.2, 0) is 14.3 Å². The molecule has 5 nitrogen and oxygen atoms in total. The van der Waals surface area contributed by atoms with Gasteiger partial charge in [0.15, 0.2) is 0 Å². The molecule has 1 saturated heterocycles. The molecule has 1 aliphatic rings. The molecule has 0 aromatic rings. The fourth-order valence-corrected chi connectivity index (χ4v) is 1.75. The topological polar surface area (TPSA) is 69.7 Å². The summed E-state index contributed by atoms with van der Waals surface area (Å²) in [6.07, 6.45) is 0. The maximum Gasteiger partial charge on any atom is 0.232 e. The van der Waals surface area contributed by atoms with Gasteiger partial charge in [-0.3, -0.25) is 4.79 Å². The minimum absolute atomic E-state index is 0.0282. The Hall–Kier alpha value is -0.750. The van der Waals surface area contributed by atoms with Gasteiger partial charge in [-0.2, -0.15) is 0 Å². The molecular formula is C8H12NO4S-. The van der Waals surface area contributed by atoms with Gasteiger partial charge < -0.3 is 19.5 Å². The Morgan fingerprint density at radius 1 is 1.29 bits per heavy atom. The summed E-state index contributed by atoms with van der Waals surface area (Å²) in [6, 6.07) is 0. The van der Waals surface area contributed by atoms with Gasteiger partial charge in [0.25, 0.3) is 0 Å². The summed E-state index contributed by atoms with van der Waals surface area (Å²) in [7, 11) is 0. The van der Waals surface area contributed by atoms with E-state index in [1.54, 1.807) is 4.90 Å². The fraction of sp³-hybridized carbons (Fsp3) is 0.750. The lowest BCUT2D eigenvalue weighted by Gasteiger charge is -2.26. The molecular weight excluding hydrogens is 206 g/mol. The average molecular weight is 218 g/mol. The number of hydrogen-bond acceptors (Lipinski definition) is 5. The van der Waals surface area contributed by atoms with Crippen molar-refractivity contribution in [2.75, 3.05) is 37.8 Å². The van der Waals surface area contributed by atoms with Crippen molar-refractivity contribution < 1.29 is 19.4 Å². The van der Waals surface area contributed by atoms with Crippen molar-refractivity contribution >= 4 is 23.6 Å². The van der Waals surface area contributed by atoms with Crippen LogP contribution < -0.4 is 5.11 Å². The van der Waals surface area contributed by atoms with Crippen LogP contribution in [0, 0.1) is 0 Å². The molecule has 0 aromatic heterocycles. The second-order valence-electron chi connectivity index (χ2n) is 2.86. The van der Waals surface area contributed by atoms with E-state index in [4.69, 9.17) is 4.74 Å². The highest BCUT2D eigenvalue weighted by molar-refractivity contribution is 8.00. The highest BCUT2D eigenvalue weighted by atomic mass is 32.2. The van der Waals surface area contributed by atoms with Crippen LogP contribution in [0.5, 0.6) is 0 Å². The number of rotatable bonds is 4. The van der Waals surface area contributed by atoms with Gasteiger partial charge in [0.1, 0.15) is 0 Å². The minimum Gasteiger partial charge on any atom is -0.549 e. The van der Waals surface area contributed by atoms with Gasteiger partial charge in [0.05, 0.1) is 24.9 Å². The van der Waals surface area contributed by atoms with Crippen molar-refractivity contribution in [3.8, 4) is 0 Å². The molecule has 0 bridgehead atoms. The first-order chi connectivity index (χ1) is 6.70. The van der Waals surface area contributed by atoms with Crippen molar-refractivity contribution in [1.29, 1.82) is 0 Å². The first kappa shape index (κ1) is 11.3. The highest BCUT2D eigenvalue weighted by Crippen LogP contribution is 2.04. The molecule has 0 saturated carbocycles. The molecule has 14 heavy (non-hydrogen) atoms. The first-order valence-electron chi connectivity index (χ1n) is 4.33. The third-order valence-corrected chi connectivity index (χ3v) is 2.70. The second-order valence-corrected chi connectivity index (χ2v) is 3.84. The summed E-state index contributed by atoms with van der Waals surface area (Å²) >= 11 is 1.07. The molecule has 0 atom stereocenters. The molecule has 0 unspecified atom stereocenters. The van der Waals surface area contributed by atoms with Gasteiger partial charge in [0.2, 0.25) is 5.91 Å². The normalized spacial score (nSPS) is 16.7. The Morgan fingerprint density at radius 3 is 2.50 bits per heavy atom. The van der Waals surface area contributed by atoms with E-state index in [9.17, 15) is 14.7 Å². The number of carboxylic acids is 1. The zero-order valence-corrected chi connectivity index (χ0v) is 8.55. The summed E-state index contributed by atoms with van der Waals surface area (Å²) in [5.41, 5.74) is 0. The van der Waals surface area contributed by atoms with E-state index in [-0.39, 0.29) is 17.4 Å². The van der Waals surface area contributed by atoms with Crippen molar-refractivity contribution in [2.24, 2.45) is 0 Å². The summed E-state index contributed by atoms with van der Waals surface area (Å²) in [4.78, 5) is 23.2. The van der Waals surface area contributed by atoms with E-state index in [2.05, 4.69) is 0 Å². The third kappa shape index (κ3) is 3.97. The minimum atomic E-state index is -1.13. The first-order valence-corrected chi connectivity index (χ1v) is 5.48. The molecule has 6 heteroatoms. The molecule has 0 aliphatic carbocycles. The molecule has 0 aromatic carbocycles. The summed E-state index contributed by atoms with van der Waals surface area (Å²) < 4.78 is 5.09. The van der Waals surface area contributed by atoms with Crippen LogP contribution in [0.1, 0.15) is 0 Å². The predicted octanol–water partition coefficient (Wildman–Crippen LogP) is -1.67. The number of carboxylic acid groups (broad SMARTS) is 1. The molecule has 80 valence electrons. The van der Waals surface area contributed by atoms with Crippen LogP contribution in [0.25, 0.3) is 0 Å². The van der Waals surface area contributed by atoms with Gasteiger partial charge in [-0.15, -0.1) is 11.8 Å². The van der Waals surface area contributed by atoms with Gasteiger partial charge in [-0.1, -0.05) is 0 Å². The Bertz CT molecular complexity index is 215.